The molecule has 0 saturated carbocycles. The van der Waals surface area contributed by atoms with Crippen LogP contribution in [0.2, 0.25) is 0 Å². The van der Waals surface area contributed by atoms with Gasteiger partial charge in [0, 0.05) is 23.1 Å². The van der Waals surface area contributed by atoms with Crippen LogP contribution >= 0.6 is 0 Å². The molecule has 0 fully saturated rings. The number of aromatic nitrogens is 2. The van der Waals surface area contributed by atoms with Gasteiger partial charge in [-0.1, -0.05) is 30.4 Å². The van der Waals surface area contributed by atoms with E-state index in [1.807, 2.05) is 69.3 Å². The van der Waals surface area contributed by atoms with Gasteiger partial charge in [-0.2, -0.15) is 0 Å². The molecule has 35 heavy (non-hydrogen) atoms. The number of benzene rings is 2. The Morgan fingerprint density at radius 2 is 1.77 bits per heavy atom. The number of rotatable bonds is 1. The summed E-state index contributed by atoms with van der Waals surface area (Å²) in [5.74, 6) is 0.439. The van der Waals surface area contributed by atoms with Crippen LogP contribution < -0.4 is 10.6 Å². The summed E-state index contributed by atoms with van der Waals surface area (Å²) >= 11 is 0. The van der Waals surface area contributed by atoms with Crippen molar-refractivity contribution in [1.29, 1.82) is 0 Å². The van der Waals surface area contributed by atoms with E-state index in [1.54, 1.807) is 12.3 Å². The molecular formula is C27H30N4O4. The molecule has 1 amide bonds. The quantitative estimate of drug-likeness (QED) is 0.428. The van der Waals surface area contributed by atoms with Crippen molar-refractivity contribution in [3.8, 4) is 11.3 Å². The molecule has 1 aromatic heterocycles. The van der Waals surface area contributed by atoms with E-state index in [1.165, 1.54) is 0 Å². The second-order valence-electron chi connectivity index (χ2n) is 9.14. The van der Waals surface area contributed by atoms with Crippen molar-refractivity contribution in [2.45, 2.75) is 39.6 Å². The number of fused-ring (bicyclic) bond motifs is 7. The van der Waals surface area contributed by atoms with Crippen LogP contribution in [0.15, 0.2) is 66.9 Å². The van der Waals surface area contributed by atoms with E-state index < -0.39 is 11.7 Å². The third kappa shape index (κ3) is 7.63. The van der Waals surface area contributed by atoms with Crippen LogP contribution in [0.5, 0.6) is 0 Å². The number of anilines is 3. The molecule has 2 N–H and O–H groups in total. The van der Waals surface area contributed by atoms with Gasteiger partial charge in [0.25, 0.3) is 0 Å². The number of hydrogen-bond acceptors (Lipinski definition) is 7. The third-order valence-electron chi connectivity index (χ3n) is 4.90. The third-order valence-corrected chi connectivity index (χ3v) is 4.90. The number of hydrogen-bond donors (Lipinski definition) is 2. The first-order valence-electron chi connectivity index (χ1n) is 11.5. The van der Waals surface area contributed by atoms with Crippen molar-refractivity contribution in [2.75, 3.05) is 23.8 Å². The van der Waals surface area contributed by atoms with Gasteiger partial charge in [-0.25, -0.2) is 14.8 Å². The first-order chi connectivity index (χ1) is 16.8. The summed E-state index contributed by atoms with van der Waals surface area (Å²) in [5, 5.41) is 6.05. The van der Waals surface area contributed by atoms with Crippen LogP contribution in [-0.2, 0) is 27.4 Å². The van der Waals surface area contributed by atoms with E-state index in [0.717, 1.165) is 22.4 Å². The predicted octanol–water partition coefficient (Wildman–Crippen LogP) is 5.84. The molecule has 0 spiro atoms. The molecule has 8 nitrogen and oxygen atoms in total. The molecule has 0 unspecified atom stereocenters. The molecule has 4 rings (SSSR count). The van der Waals surface area contributed by atoms with Crippen LogP contribution in [0, 0.1) is 0 Å². The molecule has 1 aliphatic rings. The number of ether oxygens (including phenoxy) is 3. The minimum atomic E-state index is -0.601. The molecule has 6 bridgehead atoms. The van der Waals surface area contributed by atoms with Gasteiger partial charge in [0.05, 0.1) is 32.1 Å². The van der Waals surface area contributed by atoms with Crippen molar-refractivity contribution in [1.82, 2.24) is 9.97 Å². The second kappa shape index (κ2) is 11.1. The molecule has 0 radical (unpaired) electrons. The van der Waals surface area contributed by atoms with Crippen molar-refractivity contribution in [3.05, 3.63) is 78.0 Å². The summed E-state index contributed by atoms with van der Waals surface area (Å²) in [6, 6.07) is 15.5. The molecule has 8 heteroatoms. The summed E-state index contributed by atoms with van der Waals surface area (Å²) < 4.78 is 16.9. The highest BCUT2D eigenvalue weighted by Gasteiger charge is 2.17. The van der Waals surface area contributed by atoms with Gasteiger partial charge in [-0.15, -0.1) is 0 Å². The van der Waals surface area contributed by atoms with Gasteiger partial charge >= 0.3 is 6.09 Å². The lowest BCUT2D eigenvalue weighted by Gasteiger charge is -2.20. The van der Waals surface area contributed by atoms with E-state index in [0.29, 0.717) is 43.8 Å². The van der Waals surface area contributed by atoms with E-state index in [4.69, 9.17) is 14.2 Å². The zero-order chi connectivity index (χ0) is 24.7. The standard InChI is InChI=1S/C27H30N4O4/c1-27(2,3)35-26(32)30-23-15-20-14-22(16-23)29-25-28-10-9-24(31-25)21-8-6-7-19(13-21)17-33-11-4-5-12-34-18-20/h4-10,13-16H,11-12,17-18H2,1-3H3,(H,30,32)(H,28,29,31)/b5-4+. The second-order valence-corrected chi connectivity index (χ2v) is 9.14. The molecule has 0 aliphatic carbocycles. The van der Waals surface area contributed by atoms with Gasteiger partial charge in [0.1, 0.15) is 5.60 Å². The first-order valence-corrected chi connectivity index (χ1v) is 11.5. The average Bonchev–Trinajstić information content (AvgIpc) is 2.79. The van der Waals surface area contributed by atoms with E-state index in [2.05, 4.69) is 26.7 Å². The van der Waals surface area contributed by atoms with Gasteiger partial charge in [-0.3, -0.25) is 5.32 Å². The smallest absolute Gasteiger partial charge is 0.412 e. The summed E-state index contributed by atoms with van der Waals surface area (Å²) in [4.78, 5) is 21.4. The van der Waals surface area contributed by atoms with Crippen molar-refractivity contribution < 1.29 is 19.0 Å². The highest BCUT2D eigenvalue weighted by molar-refractivity contribution is 5.86. The lowest BCUT2D eigenvalue weighted by atomic mass is 10.1. The van der Waals surface area contributed by atoms with Crippen LogP contribution in [-0.4, -0.2) is 34.9 Å². The SMILES string of the molecule is CC(C)(C)OC(=O)Nc1cc2cc(c1)Nc1nccc(n1)-c1cccc(c1)COC/C=C/COC2. The Morgan fingerprint density at radius 1 is 1.00 bits per heavy atom. The van der Waals surface area contributed by atoms with Crippen molar-refractivity contribution in [2.24, 2.45) is 0 Å². The normalized spacial score (nSPS) is 15.2. The van der Waals surface area contributed by atoms with Crippen molar-refractivity contribution >= 4 is 23.4 Å². The van der Waals surface area contributed by atoms with Gasteiger partial charge < -0.3 is 19.5 Å². The summed E-state index contributed by atoms with van der Waals surface area (Å²) in [6.45, 7) is 7.26. The van der Waals surface area contributed by atoms with Crippen LogP contribution in [0.25, 0.3) is 11.3 Å². The lowest BCUT2D eigenvalue weighted by Crippen LogP contribution is -2.27. The Kier molecular flexibility index (Phi) is 7.74. The topological polar surface area (TPSA) is 94.6 Å². The Bertz CT molecular complexity index is 1200. The maximum Gasteiger partial charge on any atom is 0.412 e. The Hall–Kier alpha value is -3.75. The number of nitrogens with one attached hydrogen (secondary N) is 2. The van der Waals surface area contributed by atoms with E-state index in [-0.39, 0.29) is 0 Å². The molecular weight excluding hydrogens is 444 g/mol. The van der Waals surface area contributed by atoms with Crippen LogP contribution in [0.3, 0.4) is 0 Å². The summed E-state index contributed by atoms with van der Waals surface area (Å²) in [6.07, 6.45) is 5.05. The molecule has 0 atom stereocenters. The molecule has 1 aliphatic heterocycles. The Morgan fingerprint density at radius 3 is 2.54 bits per heavy atom. The fraction of sp³-hybridized carbons (Fsp3) is 0.296. The lowest BCUT2D eigenvalue weighted by molar-refractivity contribution is 0.0636. The molecule has 2 aromatic carbocycles. The van der Waals surface area contributed by atoms with Gasteiger partial charge in [0.2, 0.25) is 5.95 Å². The molecule has 3 aromatic rings. The summed E-state index contributed by atoms with van der Waals surface area (Å²) in [7, 11) is 0. The fourth-order valence-corrected chi connectivity index (χ4v) is 3.50. The van der Waals surface area contributed by atoms with E-state index in [9.17, 15) is 4.79 Å². The van der Waals surface area contributed by atoms with Crippen LogP contribution in [0.4, 0.5) is 22.1 Å². The fourth-order valence-electron chi connectivity index (χ4n) is 3.50. The zero-order valence-corrected chi connectivity index (χ0v) is 20.2. The molecule has 182 valence electrons. The maximum absolute atomic E-state index is 12.3. The van der Waals surface area contributed by atoms with E-state index >= 15 is 0 Å². The average molecular weight is 475 g/mol. The van der Waals surface area contributed by atoms with Crippen molar-refractivity contribution in [3.63, 3.8) is 0 Å². The zero-order valence-electron chi connectivity index (χ0n) is 20.2. The minimum Gasteiger partial charge on any atom is -0.444 e. The molecule has 0 saturated heterocycles. The maximum atomic E-state index is 12.3. The minimum absolute atomic E-state index is 0.356. The Labute approximate surface area is 205 Å². The Balaban J connectivity index is 1.64. The monoisotopic (exact) mass is 474 g/mol. The number of carbonyl (C=O) groups is 1. The number of carbonyl (C=O) groups excluding carboxylic acids is 1. The highest BCUT2D eigenvalue weighted by atomic mass is 16.6. The number of nitrogens with zero attached hydrogens (tertiary/aromatic N) is 2. The van der Waals surface area contributed by atoms with Gasteiger partial charge in [-0.05, 0) is 62.2 Å². The number of amides is 1. The molecule has 2 heterocycles. The predicted molar refractivity (Wildman–Crippen MR) is 136 cm³/mol. The highest BCUT2D eigenvalue weighted by Crippen LogP contribution is 2.25. The van der Waals surface area contributed by atoms with Gasteiger partial charge in [0.15, 0.2) is 0 Å². The van der Waals surface area contributed by atoms with Crippen LogP contribution in [0.1, 0.15) is 31.9 Å². The summed E-state index contributed by atoms with van der Waals surface area (Å²) in [5.41, 5.74) is 4.39. The largest absolute Gasteiger partial charge is 0.444 e. The first kappa shape index (κ1) is 24.4.